The highest BCUT2D eigenvalue weighted by atomic mass is 35.5. The molecule has 0 aliphatic heterocycles. The molecule has 1 N–H and O–H groups in total. The van der Waals surface area contributed by atoms with Crippen LogP contribution in [-0.4, -0.2) is 24.1 Å². The Morgan fingerprint density at radius 2 is 1.56 bits per heavy atom. The maximum absolute atomic E-state index is 12.1. The number of nitrogens with one attached hydrogen (secondary N) is 1. The molecule has 0 saturated carbocycles. The molecule has 5 nitrogen and oxygen atoms in total. The number of ketones is 1. The molecule has 0 spiro atoms. The van der Waals surface area contributed by atoms with E-state index in [2.05, 4.69) is 5.32 Å². The summed E-state index contributed by atoms with van der Waals surface area (Å²) in [5, 5.41) is 3.35. The lowest BCUT2D eigenvalue weighted by atomic mass is 10.1. The van der Waals surface area contributed by atoms with Crippen LogP contribution < -0.4 is 10.2 Å². The smallest absolute Gasteiger partial charge is 0.226 e. The van der Waals surface area contributed by atoms with Crippen LogP contribution in [0.2, 0.25) is 5.02 Å². The number of halogens is 1. The number of Topliss-reactive ketones (excluding diaryl/α,β-unsaturated/α-hetero) is 1. The topological polar surface area (TPSA) is 66.5 Å². The van der Waals surface area contributed by atoms with Gasteiger partial charge in [-0.05, 0) is 55.5 Å². The van der Waals surface area contributed by atoms with Crippen LogP contribution in [0.5, 0.6) is 0 Å². The van der Waals surface area contributed by atoms with Crippen LogP contribution in [0.1, 0.15) is 30.6 Å². The van der Waals surface area contributed by atoms with Gasteiger partial charge in [-0.1, -0.05) is 11.6 Å². The van der Waals surface area contributed by atoms with E-state index in [0.29, 0.717) is 22.0 Å². The number of carbonyl (C=O) groups is 3. The van der Waals surface area contributed by atoms with Crippen LogP contribution in [0.4, 0.5) is 11.4 Å². The van der Waals surface area contributed by atoms with Crippen LogP contribution in [0.3, 0.4) is 0 Å². The van der Waals surface area contributed by atoms with Gasteiger partial charge in [0.1, 0.15) is 0 Å². The summed E-state index contributed by atoms with van der Waals surface area (Å²) in [5.74, 6) is -0.410. The molecule has 0 fully saturated rings. The molecule has 6 heteroatoms. The minimum absolute atomic E-state index is 0.0386. The van der Waals surface area contributed by atoms with E-state index < -0.39 is 0 Å². The molecule has 130 valence electrons. The SMILES string of the molecule is CC(=O)c1ccc(N(CCC(=O)Nc2ccc(Cl)cc2)C(C)=O)cc1. The van der Waals surface area contributed by atoms with Crippen molar-refractivity contribution in [3.63, 3.8) is 0 Å². The third-order valence-corrected chi connectivity index (χ3v) is 3.91. The van der Waals surface area contributed by atoms with Crippen LogP contribution in [0, 0.1) is 0 Å². The van der Waals surface area contributed by atoms with Gasteiger partial charge in [0.2, 0.25) is 11.8 Å². The van der Waals surface area contributed by atoms with Gasteiger partial charge in [0.15, 0.2) is 5.78 Å². The van der Waals surface area contributed by atoms with Crippen LogP contribution >= 0.6 is 11.6 Å². The summed E-state index contributed by atoms with van der Waals surface area (Å²) in [6.07, 6.45) is 0.149. The second kappa shape index (κ2) is 8.44. The van der Waals surface area contributed by atoms with Gasteiger partial charge in [0.25, 0.3) is 0 Å². The fourth-order valence-electron chi connectivity index (χ4n) is 2.31. The van der Waals surface area contributed by atoms with Crippen LogP contribution in [0.25, 0.3) is 0 Å². The van der Waals surface area contributed by atoms with E-state index in [4.69, 9.17) is 11.6 Å². The summed E-state index contributed by atoms with van der Waals surface area (Å²) in [5.41, 5.74) is 1.87. The molecule has 2 rings (SSSR count). The average Bonchev–Trinajstić information content (AvgIpc) is 2.57. The Bertz CT molecular complexity index is 770. The second-order valence-electron chi connectivity index (χ2n) is 5.58. The van der Waals surface area contributed by atoms with Gasteiger partial charge in [-0.3, -0.25) is 14.4 Å². The summed E-state index contributed by atoms with van der Waals surface area (Å²) in [6, 6.07) is 13.5. The number of rotatable bonds is 6. The lowest BCUT2D eigenvalue weighted by Crippen LogP contribution is -2.31. The van der Waals surface area contributed by atoms with E-state index in [-0.39, 0.29) is 30.6 Å². The normalized spacial score (nSPS) is 10.2. The summed E-state index contributed by atoms with van der Waals surface area (Å²) in [7, 11) is 0. The average molecular weight is 359 g/mol. The van der Waals surface area contributed by atoms with Crippen molar-refractivity contribution in [2.45, 2.75) is 20.3 Å². The van der Waals surface area contributed by atoms with Crippen molar-refractivity contribution in [1.82, 2.24) is 0 Å². The van der Waals surface area contributed by atoms with Gasteiger partial charge in [-0.2, -0.15) is 0 Å². The van der Waals surface area contributed by atoms with Crippen molar-refractivity contribution in [1.29, 1.82) is 0 Å². The first-order chi connectivity index (χ1) is 11.9. The largest absolute Gasteiger partial charge is 0.326 e. The highest BCUT2D eigenvalue weighted by molar-refractivity contribution is 6.30. The lowest BCUT2D eigenvalue weighted by Gasteiger charge is -2.21. The Morgan fingerprint density at radius 3 is 2.08 bits per heavy atom. The molecule has 2 aromatic rings. The van der Waals surface area contributed by atoms with Gasteiger partial charge in [0, 0.05) is 41.9 Å². The molecule has 0 aliphatic carbocycles. The predicted octanol–water partition coefficient (Wildman–Crippen LogP) is 3.92. The van der Waals surface area contributed by atoms with Crippen molar-refractivity contribution < 1.29 is 14.4 Å². The molecule has 0 aliphatic rings. The second-order valence-corrected chi connectivity index (χ2v) is 6.02. The van der Waals surface area contributed by atoms with Gasteiger partial charge in [-0.15, -0.1) is 0 Å². The fraction of sp³-hybridized carbons (Fsp3) is 0.211. The molecule has 0 saturated heterocycles. The van der Waals surface area contributed by atoms with Gasteiger partial charge in [-0.25, -0.2) is 0 Å². The van der Waals surface area contributed by atoms with Crippen LogP contribution in [0.15, 0.2) is 48.5 Å². The van der Waals surface area contributed by atoms with Gasteiger partial charge in [0.05, 0.1) is 0 Å². The first-order valence-electron chi connectivity index (χ1n) is 7.81. The third-order valence-electron chi connectivity index (χ3n) is 3.66. The molecule has 2 aromatic carbocycles. The zero-order chi connectivity index (χ0) is 18.4. The molecule has 0 bridgehead atoms. The zero-order valence-corrected chi connectivity index (χ0v) is 14.8. The van der Waals surface area contributed by atoms with Crippen molar-refractivity contribution in [2.75, 3.05) is 16.8 Å². The summed E-state index contributed by atoms with van der Waals surface area (Å²) >= 11 is 5.81. The predicted molar refractivity (Wildman–Crippen MR) is 99.2 cm³/mol. The Hall–Kier alpha value is -2.66. The number of amides is 2. The number of hydrogen-bond acceptors (Lipinski definition) is 3. The lowest BCUT2D eigenvalue weighted by molar-refractivity contribution is -0.117. The number of carbonyl (C=O) groups excluding carboxylic acids is 3. The highest BCUT2D eigenvalue weighted by Crippen LogP contribution is 2.17. The fourth-order valence-corrected chi connectivity index (χ4v) is 2.44. The van der Waals surface area contributed by atoms with E-state index in [0.717, 1.165) is 0 Å². The van der Waals surface area contributed by atoms with Crippen molar-refractivity contribution in [3.05, 3.63) is 59.1 Å². The van der Waals surface area contributed by atoms with Crippen molar-refractivity contribution in [2.24, 2.45) is 0 Å². The Morgan fingerprint density at radius 1 is 0.960 bits per heavy atom. The van der Waals surface area contributed by atoms with E-state index in [1.165, 1.54) is 18.7 Å². The summed E-state index contributed by atoms with van der Waals surface area (Å²) < 4.78 is 0. The van der Waals surface area contributed by atoms with Gasteiger partial charge >= 0.3 is 0 Å². The van der Waals surface area contributed by atoms with Crippen molar-refractivity contribution in [3.8, 4) is 0 Å². The highest BCUT2D eigenvalue weighted by Gasteiger charge is 2.14. The van der Waals surface area contributed by atoms with E-state index in [1.807, 2.05) is 0 Å². The molecule has 0 radical (unpaired) electrons. The minimum atomic E-state index is -0.200. The molecular weight excluding hydrogens is 340 g/mol. The Labute approximate surface area is 151 Å². The molecule has 0 heterocycles. The van der Waals surface area contributed by atoms with E-state index >= 15 is 0 Å². The van der Waals surface area contributed by atoms with E-state index in [9.17, 15) is 14.4 Å². The maximum Gasteiger partial charge on any atom is 0.226 e. The van der Waals surface area contributed by atoms with Crippen molar-refractivity contribution >= 4 is 40.6 Å². The molecular formula is C19H19ClN2O3. The molecule has 2 amide bonds. The molecule has 25 heavy (non-hydrogen) atoms. The Balaban J connectivity index is 1.99. The monoisotopic (exact) mass is 358 g/mol. The number of anilines is 2. The third kappa shape index (κ3) is 5.43. The first kappa shape index (κ1) is 18.7. The standard InChI is InChI=1S/C19H19ClN2O3/c1-13(23)15-3-9-18(10-4-15)22(14(2)24)12-11-19(25)21-17-7-5-16(20)6-8-17/h3-10H,11-12H2,1-2H3,(H,21,25). The summed E-state index contributed by atoms with van der Waals surface area (Å²) in [6.45, 7) is 3.17. The molecule has 0 atom stereocenters. The van der Waals surface area contributed by atoms with Crippen LogP contribution in [-0.2, 0) is 9.59 Å². The Kier molecular flexibility index (Phi) is 6.31. The number of benzene rings is 2. The number of nitrogens with zero attached hydrogens (tertiary/aromatic N) is 1. The molecule has 0 unspecified atom stereocenters. The van der Waals surface area contributed by atoms with E-state index in [1.54, 1.807) is 48.5 Å². The quantitative estimate of drug-likeness (QED) is 0.796. The first-order valence-corrected chi connectivity index (χ1v) is 8.19. The zero-order valence-electron chi connectivity index (χ0n) is 14.1. The number of hydrogen-bond donors (Lipinski definition) is 1. The molecule has 0 aromatic heterocycles. The van der Waals surface area contributed by atoms with Gasteiger partial charge < -0.3 is 10.2 Å². The minimum Gasteiger partial charge on any atom is -0.326 e. The maximum atomic E-state index is 12.1. The summed E-state index contributed by atoms with van der Waals surface area (Å²) in [4.78, 5) is 36.8.